The fraction of sp³-hybridized carbons (Fsp3) is 0.364. The van der Waals surface area contributed by atoms with Crippen LogP contribution in [0.4, 0.5) is 18.9 Å². The molecule has 1 aliphatic heterocycles. The quantitative estimate of drug-likeness (QED) is 0.250. The highest BCUT2D eigenvalue weighted by atomic mass is 19.4. The number of Topliss-reactive ketones (excluding diaryl/α,β-unsaturated/α-hetero) is 1. The summed E-state index contributed by atoms with van der Waals surface area (Å²) < 4.78 is 46.8. The number of esters is 1. The van der Waals surface area contributed by atoms with Gasteiger partial charge in [0.25, 0.3) is 0 Å². The molecule has 2 aromatic carbocycles. The number of halogens is 3. The first-order valence-electron chi connectivity index (χ1n) is 14.2. The maximum atomic E-state index is 14.0. The average Bonchev–Trinajstić information content (AvgIpc) is 3.41. The van der Waals surface area contributed by atoms with Crippen molar-refractivity contribution in [2.75, 3.05) is 25.5 Å². The zero-order valence-corrected chi connectivity index (χ0v) is 24.1. The van der Waals surface area contributed by atoms with Crippen LogP contribution in [-0.2, 0) is 41.6 Å². The molecular weight excluding hydrogens is 559 g/mol. The highest BCUT2D eigenvalue weighted by Gasteiger charge is 2.34. The molecule has 0 saturated carbocycles. The van der Waals surface area contributed by atoms with Gasteiger partial charge >= 0.3 is 12.1 Å². The average molecular weight is 594 g/mol. The van der Waals surface area contributed by atoms with Crippen LogP contribution in [0.3, 0.4) is 0 Å². The van der Waals surface area contributed by atoms with Gasteiger partial charge in [0.05, 0.1) is 36.4 Å². The number of pyridine rings is 1. The summed E-state index contributed by atoms with van der Waals surface area (Å²) in [5, 5.41) is 13.0. The van der Waals surface area contributed by atoms with Gasteiger partial charge in [0, 0.05) is 50.2 Å². The van der Waals surface area contributed by atoms with Crippen LogP contribution in [-0.4, -0.2) is 53.0 Å². The Kier molecular flexibility index (Phi) is 8.98. The third-order valence-electron chi connectivity index (χ3n) is 8.09. The van der Waals surface area contributed by atoms with Crippen molar-refractivity contribution in [3.05, 3.63) is 98.9 Å². The number of aryl methyl sites for hydroxylation is 1. The first-order valence-corrected chi connectivity index (χ1v) is 14.2. The highest BCUT2D eigenvalue weighted by Crippen LogP contribution is 2.34. The van der Waals surface area contributed by atoms with Gasteiger partial charge in [-0.1, -0.05) is 30.3 Å². The number of methoxy groups -OCH3 is 1. The molecule has 1 aliphatic carbocycles. The number of likely N-dealkylation sites (tertiary alicyclic amines) is 1. The van der Waals surface area contributed by atoms with Crippen LogP contribution in [0.25, 0.3) is 6.08 Å². The smallest absolute Gasteiger partial charge is 0.416 e. The molecule has 1 fully saturated rings. The number of rotatable bonds is 9. The predicted molar refractivity (Wildman–Crippen MR) is 156 cm³/mol. The van der Waals surface area contributed by atoms with E-state index in [1.165, 1.54) is 19.2 Å². The van der Waals surface area contributed by atoms with E-state index in [2.05, 4.69) is 10.3 Å². The van der Waals surface area contributed by atoms with Crippen LogP contribution >= 0.6 is 0 Å². The molecule has 5 rings (SSSR count). The van der Waals surface area contributed by atoms with Crippen molar-refractivity contribution < 1.29 is 32.6 Å². The van der Waals surface area contributed by atoms with Crippen molar-refractivity contribution in [3.63, 3.8) is 0 Å². The van der Waals surface area contributed by atoms with Crippen molar-refractivity contribution in [1.29, 1.82) is 0 Å². The van der Waals surface area contributed by atoms with Gasteiger partial charge in [-0.05, 0) is 65.8 Å². The monoisotopic (exact) mass is 593 g/mol. The van der Waals surface area contributed by atoms with E-state index < -0.39 is 23.6 Å². The Morgan fingerprint density at radius 2 is 1.86 bits per heavy atom. The molecule has 1 saturated heterocycles. The zero-order valence-electron chi connectivity index (χ0n) is 24.1. The van der Waals surface area contributed by atoms with Crippen LogP contribution in [0.1, 0.15) is 62.3 Å². The lowest BCUT2D eigenvalue weighted by atomic mass is 9.95. The first kappa shape index (κ1) is 30.4. The topological polar surface area (TPSA) is 91.8 Å². The van der Waals surface area contributed by atoms with Crippen molar-refractivity contribution in [1.82, 2.24) is 9.88 Å². The predicted octanol–water partition coefficient (Wildman–Crippen LogP) is 5.52. The molecule has 10 heteroatoms. The number of carbonyl (C=O) groups excluding carboxylic acids is 2. The molecular formula is C33H34F3N3O4. The second-order valence-electron chi connectivity index (χ2n) is 11.2. The lowest BCUT2D eigenvalue weighted by molar-refractivity contribution is -0.138. The Bertz CT molecular complexity index is 1560. The van der Waals surface area contributed by atoms with Crippen molar-refractivity contribution >= 4 is 23.5 Å². The van der Waals surface area contributed by atoms with Gasteiger partial charge in [0.2, 0.25) is 0 Å². The third-order valence-corrected chi connectivity index (χ3v) is 8.09. The number of aromatic nitrogens is 1. The maximum absolute atomic E-state index is 14.0. The van der Waals surface area contributed by atoms with Crippen molar-refractivity contribution in [2.45, 2.75) is 58.0 Å². The molecule has 0 bridgehead atoms. The van der Waals surface area contributed by atoms with Crippen LogP contribution in [0.5, 0.6) is 0 Å². The minimum atomic E-state index is -4.59. The van der Waals surface area contributed by atoms with Gasteiger partial charge in [-0.2, -0.15) is 13.2 Å². The summed E-state index contributed by atoms with van der Waals surface area (Å²) in [5.74, 6) is -0.768. The molecule has 43 heavy (non-hydrogen) atoms. The molecule has 0 spiro atoms. The van der Waals surface area contributed by atoms with Crippen LogP contribution in [0.15, 0.2) is 54.2 Å². The molecule has 2 heterocycles. The number of aliphatic hydroxyl groups is 1. The molecule has 0 atom stereocenters. The van der Waals surface area contributed by atoms with E-state index in [4.69, 9.17) is 4.74 Å². The number of aliphatic hydroxyl groups excluding tert-OH is 1. The number of hydrogen-bond donors (Lipinski definition) is 2. The number of benzene rings is 2. The summed E-state index contributed by atoms with van der Waals surface area (Å²) in [4.78, 5) is 31.4. The van der Waals surface area contributed by atoms with E-state index in [0.29, 0.717) is 50.0 Å². The van der Waals surface area contributed by atoms with E-state index in [1.807, 2.05) is 36.1 Å². The normalized spacial score (nSPS) is 15.6. The van der Waals surface area contributed by atoms with Crippen LogP contribution in [0, 0.1) is 6.92 Å². The SMILES string of the molecule is COC(=O)C1=Cc2cc(NCc3cc(CC(=O)c4ccc(CN5CCC(O)CC5)c(C(F)(F)F)c4)ccc3C)cnc2C1. The minimum Gasteiger partial charge on any atom is -0.466 e. The van der Waals surface area contributed by atoms with Gasteiger partial charge in [0.1, 0.15) is 0 Å². The Balaban J connectivity index is 1.26. The number of nitrogens with one attached hydrogen (secondary N) is 1. The minimum absolute atomic E-state index is 0.0222. The Labute approximate surface area is 248 Å². The second kappa shape index (κ2) is 12.7. The summed E-state index contributed by atoms with van der Waals surface area (Å²) in [6.45, 7) is 3.57. The molecule has 2 aliphatic rings. The van der Waals surface area contributed by atoms with Gasteiger partial charge in [0.15, 0.2) is 5.78 Å². The molecule has 3 aromatic rings. The lowest BCUT2D eigenvalue weighted by Gasteiger charge is -2.30. The van der Waals surface area contributed by atoms with E-state index in [0.717, 1.165) is 34.1 Å². The number of ketones is 1. The fourth-order valence-corrected chi connectivity index (χ4v) is 5.54. The van der Waals surface area contributed by atoms with E-state index in [1.54, 1.807) is 12.3 Å². The van der Waals surface area contributed by atoms with Crippen LogP contribution in [0.2, 0.25) is 0 Å². The molecule has 226 valence electrons. The van der Waals surface area contributed by atoms with E-state index in [9.17, 15) is 27.9 Å². The van der Waals surface area contributed by atoms with Crippen molar-refractivity contribution in [3.8, 4) is 0 Å². The largest absolute Gasteiger partial charge is 0.466 e. The summed E-state index contributed by atoms with van der Waals surface area (Å²) in [6.07, 6.45) is -0.0706. The first-order chi connectivity index (χ1) is 20.5. The van der Waals surface area contributed by atoms with E-state index in [-0.39, 0.29) is 30.1 Å². The van der Waals surface area contributed by atoms with Crippen molar-refractivity contribution in [2.24, 2.45) is 0 Å². The summed E-state index contributed by atoms with van der Waals surface area (Å²) in [5.41, 5.74) is 4.96. The molecule has 1 aromatic heterocycles. The molecule has 0 radical (unpaired) electrons. The number of alkyl halides is 3. The summed E-state index contributed by atoms with van der Waals surface area (Å²) in [7, 11) is 1.34. The fourth-order valence-electron chi connectivity index (χ4n) is 5.54. The van der Waals surface area contributed by atoms with Gasteiger partial charge < -0.3 is 15.2 Å². The summed E-state index contributed by atoms with van der Waals surface area (Å²) >= 11 is 0. The molecule has 2 N–H and O–H groups in total. The number of fused-ring (bicyclic) bond motifs is 1. The number of anilines is 1. The van der Waals surface area contributed by atoms with Gasteiger partial charge in [-0.15, -0.1) is 0 Å². The number of nitrogens with zero attached hydrogens (tertiary/aromatic N) is 2. The Hall–Kier alpha value is -4.02. The second-order valence-corrected chi connectivity index (χ2v) is 11.2. The number of piperidine rings is 1. The Morgan fingerprint density at radius 1 is 1.09 bits per heavy atom. The number of ether oxygens (including phenoxy) is 1. The number of hydrogen-bond acceptors (Lipinski definition) is 7. The third kappa shape index (κ3) is 7.32. The standard InChI is InChI=1S/C33H34F3N3O4/c1-20-3-4-21(11-26(20)17-37-27-14-24-13-25(32(42)43-2)16-30(24)38-18-27)12-31(41)22-5-6-23(29(15-22)33(34,35)36)19-39-9-7-28(40)8-10-39/h3-6,11,13-15,18,28,37,40H,7-10,12,16-17,19H2,1-2H3. The lowest BCUT2D eigenvalue weighted by Crippen LogP contribution is -2.35. The Morgan fingerprint density at radius 3 is 2.58 bits per heavy atom. The number of carbonyl (C=O) groups is 2. The summed E-state index contributed by atoms with van der Waals surface area (Å²) in [6, 6.07) is 11.4. The zero-order chi connectivity index (χ0) is 30.7. The van der Waals surface area contributed by atoms with E-state index >= 15 is 0 Å². The maximum Gasteiger partial charge on any atom is 0.416 e. The van der Waals surface area contributed by atoms with Gasteiger partial charge in [-0.3, -0.25) is 14.7 Å². The molecule has 0 unspecified atom stereocenters. The van der Waals surface area contributed by atoms with Gasteiger partial charge in [-0.25, -0.2) is 4.79 Å². The highest BCUT2D eigenvalue weighted by molar-refractivity contribution is 5.98. The molecule has 0 amide bonds. The molecule has 7 nitrogen and oxygen atoms in total. The van der Waals surface area contributed by atoms with Crippen LogP contribution < -0.4 is 5.32 Å².